The van der Waals surface area contributed by atoms with Crippen molar-refractivity contribution in [2.24, 2.45) is 0 Å². The number of rotatable bonds is 9. The van der Waals surface area contributed by atoms with Crippen molar-refractivity contribution < 1.29 is 0 Å². The van der Waals surface area contributed by atoms with Crippen LogP contribution in [0.4, 0.5) is 0 Å². The fraction of sp³-hybridized carbons (Fsp3) is 0.769. The molecule has 0 aliphatic carbocycles. The van der Waals surface area contributed by atoms with Gasteiger partial charge in [0.15, 0.2) is 0 Å². The number of hydrogen-bond acceptors (Lipinski definition) is 4. The molecule has 4 heteroatoms. The van der Waals surface area contributed by atoms with E-state index in [4.69, 9.17) is 0 Å². The zero-order valence-electron chi connectivity index (χ0n) is 11.3. The first-order chi connectivity index (χ1) is 8.26. The second-order valence-corrected chi connectivity index (χ2v) is 5.15. The maximum absolute atomic E-state index is 4.27. The summed E-state index contributed by atoms with van der Waals surface area (Å²) in [6.07, 6.45) is 2.51. The monoisotopic (exact) mass is 255 g/mol. The van der Waals surface area contributed by atoms with Crippen molar-refractivity contribution in [3.63, 3.8) is 0 Å². The van der Waals surface area contributed by atoms with Gasteiger partial charge in [-0.2, -0.15) is 0 Å². The molecule has 0 bridgehead atoms. The molecule has 1 rings (SSSR count). The van der Waals surface area contributed by atoms with Crippen LogP contribution in [-0.2, 0) is 6.54 Å². The third kappa shape index (κ3) is 6.15. The van der Waals surface area contributed by atoms with E-state index in [2.05, 4.69) is 41.4 Å². The maximum Gasteiger partial charge on any atom is 0.0795 e. The Morgan fingerprint density at radius 2 is 2.18 bits per heavy atom. The van der Waals surface area contributed by atoms with Crippen molar-refractivity contribution >= 4 is 11.3 Å². The lowest BCUT2D eigenvalue weighted by Gasteiger charge is -2.19. The Labute approximate surface area is 109 Å². The maximum atomic E-state index is 4.27. The standard InChI is InChI=1S/C13H25N3S/c1-4-16(5-2)8-6-7-12(3)14-9-13-10-17-11-15-13/h10-12,14H,4-9H2,1-3H3. The van der Waals surface area contributed by atoms with Crippen LogP contribution in [0.3, 0.4) is 0 Å². The molecule has 0 fully saturated rings. The Morgan fingerprint density at radius 1 is 1.41 bits per heavy atom. The largest absolute Gasteiger partial charge is 0.309 e. The number of aromatic nitrogens is 1. The molecule has 0 aliphatic rings. The summed E-state index contributed by atoms with van der Waals surface area (Å²) in [4.78, 5) is 6.75. The number of hydrogen-bond donors (Lipinski definition) is 1. The highest BCUT2D eigenvalue weighted by atomic mass is 32.1. The van der Waals surface area contributed by atoms with Crippen molar-refractivity contribution in [2.75, 3.05) is 19.6 Å². The van der Waals surface area contributed by atoms with E-state index in [9.17, 15) is 0 Å². The van der Waals surface area contributed by atoms with Crippen molar-refractivity contribution in [3.8, 4) is 0 Å². The summed E-state index contributed by atoms with van der Waals surface area (Å²) in [5.74, 6) is 0. The van der Waals surface area contributed by atoms with Gasteiger partial charge in [-0.1, -0.05) is 13.8 Å². The van der Waals surface area contributed by atoms with Crippen molar-refractivity contribution in [1.82, 2.24) is 15.2 Å². The van der Waals surface area contributed by atoms with E-state index in [-0.39, 0.29) is 0 Å². The molecular formula is C13H25N3S. The van der Waals surface area contributed by atoms with Crippen LogP contribution in [-0.4, -0.2) is 35.6 Å². The molecule has 1 N–H and O–H groups in total. The fourth-order valence-corrected chi connectivity index (χ4v) is 2.42. The number of nitrogens with zero attached hydrogens (tertiary/aromatic N) is 2. The fourth-order valence-electron chi connectivity index (χ4n) is 1.87. The quantitative estimate of drug-likeness (QED) is 0.735. The first-order valence-electron chi connectivity index (χ1n) is 6.59. The minimum atomic E-state index is 0.576. The Morgan fingerprint density at radius 3 is 2.76 bits per heavy atom. The third-order valence-corrected chi connectivity index (χ3v) is 3.76. The molecule has 1 heterocycles. The Bertz CT molecular complexity index is 270. The highest BCUT2D eigenvalue weighted by molar-refractivity contribution is 7.07. The molecule has 3 nitrogen and oxygen atoms in total. The van der Waals surface area contributed by atoms with Gasteiger partial charge in [0.05, 0.1) is 11.2 Å². The third-order valence-electron chi connectivity index (χ3n) is 3.12. The Kier molecular flexibility index (Phi) is 7.40. The minimum Gasteiger partial charge on any atom is -0.309 e. The molecule has 0 spiro atoms. The van der Waals surface area contributed by atoms with Gasteiger partial charge in [0, 0.05) is 18.0 Å². The van der Waals surface area contributed by atoms with Crippen LogP contribution in [0.25, 0.3) is 0 Å². The normalized spacial score (nSPS) is 13.2. The van der Waals surface area contributed by atoms with Gasteiger partial charge in [0.2, 0.25) is 0 Å². The second kappa shape index (κ2) is 8.61. The summed E-state index contributed by atoms with van der Waals surface area (Å²) in [6.45, 7) is 11.2. The Balaban J connectivity index is 2.06. The molecule has 98 valence electrons. The average Bonchev–Trinajstić information content (AvgIpc) is 2.85. The molecule has 1 aromatic rings. The van der Waals surface area contributed by atoms with Gasteiger partial charge >= 0.3 is 0 Å². The zero-order valence-corrected chi connectivity index (χ0v) is 12.1. The van der Waals surface area contributed by atoms with Crippen molar-refractivity contribution in [2.45, 2.75) is 46.2 Å². The summed E-state index contributed by atoms with van der Waals surface area (Å²) in [7, 11) is 0. The predicted molar refractivity (Wildman–Crippen MR) is 75.4 cm³/mol. The molecule has 0 aromatic carbocycles. The summed E-state index contributed by atoms with van der Waals surface area (Å²) in [6, 6.07) is 0.576. The van der Waals surface area contributed by atoms with E-state index in [1.54, 1.807) is 11.3 Å². The summed E-state index contributed by atoms with van der Waals surface area (Å²) in [5, 5.41) is 5.63. The van der Waals surface area contributed by atoms with Crippen LogP contribution in [0.5, 0.6) is 0 Å². The van der Waals surface area contributed by atoms with E-state index < -0.39 is 0 Å². The van der Waals surface area contributed by atoms with Gasteiger partial charge in [-0.05, 0) is 39.4 Å². The van der Waals surface area contributed by atoms with E-state index in [0.29, 0.717) is 6.04 Å². The van der Waals surface area contributed by atoms with Gasteiger partial charge < -0.3 is 10.2 Å². The van der Waals surface area contributed by atoms with Gasteiger partial charge in [0.1, 0.15) is 0 Å². The summed E-state index contributed by atoms with van der Waals surface area (Å²) in [5.41, 5.74) is 3.05. The van der Waals surface area contributed by atoms with Gasteiger partial charge in [0.25, 0.3) is 0 Å². The Hall–Kier alpha value is -0.450. The molecule has 1 unspecified atom stereocenters. The van der Waals surface area contributed by atoms with Crippen LogP contribution in [0.15, 0.2) is 10.9 Å². The van der Waals surface area contributed by atoms with Crippen LogP contribution in [0.2, 0.25) is 0 Å². The molecule has 0 saturated heterocycles. The average molecular weight is 255 g/mol. The molecule has 1 atom stereocenters. The smallest absolute Gasteiger partial charge is 0.0795 e. The molecule has 0 aliphatic heterocycles. The molecular weight excluding hydrogens is 230 g/mol. The van der Waals surface area contributed by atoms with E-state index in [0.717, 1.165) is 25.3 Å². The lowest BCUT2D eigenvalue weighted by atomic mass is 10.1. The van der Waals surface area contributed by atoms with E-state index >= 15 is 0 Å². The molecule has 0 amide bonds. The van der Waals surface area contributed by atoms with Crippen LogP contribution < -0.4 is 5.32 Å². The number of nitrogens with one attached hydrogen (secondary N) is 1. The second-order valence-electron chi connectivity index (χ2n) is 4.43. The minimum absolute atomic E-state index is 0.576. The molecule has 17 heavy (non-hydrogen) atoms. The zero-order chi connectivity index (χ0) is 12.5. The van der Waals surface area contributed by atoms with E-state index in [1.165, 1.54) is 19.4 Å². The van der Waals surface area contributed by atoms with Crippen LogP contribution >= 0.6 is 11.3 Å². The van der Waals surface area contributed by atoms with Gasteiger partial charge in [-0.3, -0.25) is 0 Å². The van der Waals surface area contributed by atoms with Gasteiger partial charge in [-0.25, -0.2) is 4.98 Å². The molecule has 0 saturated carbocycles. The highest BCUT2D eigenvalue weighted by Gasteiger charge is 2.04. The van der Waals surface area contributed by atoms with Crippen molar-refractivity contribution in [1.29, 1.82) is 0 Å². The first kappa shape index (κ1) is 14.6. The molecule has 1 aromatic heterocycles. The first-order valence-corrected chi connectivity index (χ1v) is 7.53. The van der Waals surface area contributed by atoms with E-state index in [1.807, 2.05) is 5.51 Å². The van der Waals surface area contributed by atoms with Crippen molar-refractivity contribution in [3.05, 3.63) is 16.6 Å². The summed E-state index contributed by atoms with van der Waals surface area (Å²) >= 11 is 1.66. The summed E-state index contributed by atoms with van der Waals surface area (Å²) < 4.78 is 0. The predicted octanol–water partition coefficient (Wildman–Crippen LogP) is 2.74. The topological polar surface area (TPSA) is 28.2 Å². The van der Waals surface area contributed by atoms with Gasteiger partial charge in [-0.15, -0.1) is 11.3 Å². The number of thiazole rings is 1. The lowest BCUT2D eigenvalue weighted by molar-refractivity contribution is 0.290. The lowest BCUT2D eigenvalue weighted by Crippen LogP contribution is -2.28. The SMILES string of the molecule is CCN(CC)CCCC(C)NCc1cscn1. The van der Waals surface area contributed by atoms with Crippen LogP contribution in [0.1, 0.15) is 39.3 Å². The van der Waals surface area contributed by atoms with Crippen LogP contribution in [0, 0.1) is 0 Å². The molecule has 0 radical (unpaired) electrons. The highest BCUT2D eigenvalue weighted by Crippen LogP contribution is 2.03.